The van der Waals surface area contributed by atoms with Crippen LogP contribution >= 0.6 is 0 Å². The number of nitrogens with one attached hydrogen (secondary N) is 3. The van der Waals surface area contributed by atoms with Gasteiger partial charge in [0.25, 0.3) is 0 Å². The molecule has 7 heteroatoms. The lowest BCUT2D eigenvalue weighted by molar-refractivity contribution is -0.122. The van der Waals surface area contributed by atoms with Crippen LogP contribution in [-0.4, -0.2) is 51.8 Å². The first-order chi connectivity index (χ1) is 16.8. The molecule has 0 spiro atoms. The molecule has 1 aromatic heterocycles. The Balaban J connectivity index is 1.72. The zero-order chi connectivity index (χ0) is 25.4. The zero-order valence-corrected chi connectivity index (χ0v) is 21.4. The fourth-order valence-electron chi connectivity index (χ4n) is 5.29. The number of hydrogen-bond acceptors (Lipinski definition) is 5. The van der Waals surface area contributed by atoms with Crippen molar-refractivity contribution >= 4 is 23.1 Å². The molecule has 5 atom stereocenters. The van der Waals surface area contributed by atoms with Gasteiger partial charge >= 0.3 is 0 Å². The van der Waals surface area contributed by atoms with Crippen molar-refractivity contribution in [2.75, 3.05) is 0 Å². The average Bonchev–Trinajstić information content (AvgIpc) is 3.25. The molecule has 2 aromatic rings. The molecule has 1 amide bonds. The molecule has 0 saturated heterocycles. The quantitative estimate of drug-likeness (QED) is 0.219. The molecule has 1 heterocycles. The average molecular weight is 486 g/mol. The van der Waals surface area contributed by atoms with E-state index in [1.165, 1.54) is 19.3 Å². The largest absolute Gasteiger partial charge is 0.390 e. The molecule has 1 aromatic carbocycles. The second-order valence-electron chi connectivity index (χ2n) is 10.8. The van der Waals surface area contributed by atoms with Crippen LogP contribution in [0.1, 0.15) is 71.3 Å². The number of para-hydroxylation sites is 1. The number of hydrogen-bond donors (Lipinski definition) is 5. The Morgan fingerprint density at radius 1 is 1.14 bits per heavy atom. The van der Waals surface area contributed by atoms with Crippen LogP contribution in [0.3, 0.4) is 0 Å². The molecule has 0 aliphatic heterocycles. The second kappa shape index (κ2) is 13.2. The standard InChI is InChI=1S/C28H43N3O4/c1-18(2)13-25(33)27(35)24(14-20-9-5-4-6-10-20)30-28(19(3)17-32)31-26(34)15-21-16-29-23-12-8-7-11-22(21)23/h7-8,11-12,16-20,24-25,27-30,33,35H,4-6,9-10,13-15H2,1-3H3,(H,31,34)/t19-,24+,25+,27-,28?/m1/s1. The lowest BCUT2D eigenvalue weighted by atomic mass is 9.82. The third kappa shape index (κ3) is 7.89. The Morgan fingerprint density at radius 2 is 1.86 bits per heavy atom. The highest BCUT2D eigenvalue weighted by Crippen LogP contribution is 2.29. The summed E-state index contributed by atoms with van der Waals surface area (Å²) in [4.78, 5) is 27.9. The highest BCUT2D eigenvalue weighted by molar-refractivity contribution is 5.89. The Labute approximate surface area is 209 Å². The molecule has 1 aliphatic rings. The molecule has 7 nitrogen and oxygen atoms in total. The predicted octanol–water partition coefficient (Wildman–Crippen LogP) is 3.68. The number of H-pyrrole nitrogens is 1. The molecule has 0 radical (unpaired) electrons. The Kier molecular flexibility index (Phi) is 10.3. The smallest absolute Gasteiger partial charge is 0.225 e. The van der Waals surface area contributed by atoms with E-state index in [2.05, 4.69) is 15.6 Å². The number of amides is 1. The van der Waals surface area contributed by atoms with E-state index >= 15 is 0 Å². The van der Waals surface area contributed by atoms with Gasteiger partial charge in [-0.1, -0.05) is 71.1 Å². The van der Waals surface area contributed by atoms with Crippen molar-refractivity contribution in [3.8, 4) is 0 Å². The molecule has 5 N–H and O–H groups in total. The van der Waals surface area contributed by atoms with Crippen LogP contribution in [0, 0.1) is 17.8 Å². The number of carbonyl (C=O) groups excluding carboxylic acids is 2. The molecular formula is C28H43N3O4. The minimum atomic E-state index is -0.980. The van der Waals surface area contributed by atoms with Gasteiger partial charge in [-0.3, -0.25) is 10.1 Å². The summed E-state index contributed by atoms with van der Waals surface area (Å²) in [6.07, 6.45) is 7.35. The van der Waals surface area contributed by atoms with E-state index in [0.29, 0.717) is 18.8 Å². The van der Waals surface area contributed by atoms with Crippen molar-refractivity contribution in [3.63, 3.8) is 0 Å². The molecule has 35 heavy (non-hydrogen) atoms. The first kappa shape index (κ1) is 27.4. The molecule has 1 fully saturated rings. The van der Waals surface area contributed by atoms with Gasteiger partial charge in [0.05, 0.1) is 24.8 Å². The predicted molar refractivity (Wildman–Crippen MR) is 139 cm³/mol. The molecule has 3 rings (SSSR count). The Morgan fingerprint density at radius 3 is 2.54 bits per heavy atom. The van der Waals surface area contributed by atoms with E-state index < -0.39 is 30.3 Å². The third-order valence-electron chi connectivity index (χ3n) is 7.31. The first-order valence-corrected chi connectivity index (χ1v) is 13.2. The maximum atomic E-state index is 13.0. The van der Waals surface area contributed by atoms with Crippen LogP contribution in [0.2, 0.25) is 0 Å². The van der Waals surface area contributed by atoms with Crippen LogP contribution in [0.5, 0.6) is 0 Å². The van der Waals surface area contributed by atoms with Crippen molar-refractivity contribution in [3.05, 3.63) is 36.0 Å². The fourth-order valence-corrected chi connectivity index (χ4v) is 5.29. The van der Waals surface area contributed by atoms with Gasteiger partial charge in [0.15, 0.2) is 0 Å². The summed E-state index contributed by atoms with van der Waals surface area (Å²) < 4.78 is 0. The number of aromatic nitrogens is 1. The van der Waals surface area contributed by atoms with Crippen LogP contribution in [0.4, 0.5) is 0 Å². The summed E-state index contributed by atoms with van der Waals surface area (Å²) in [5, 5.41) is 29.2. The van der Waals surface area contributed by atoms with Gasteiger partial charge in [-0.2, -0.15) is 0 Å². The maximum absolute atomic E-state index is 13.0. The van der Waals surface area contributed by atoms with Crippen LogP contribution < -0.4 is 10.6 Å². The van der Waals surface area contributed by atoms with Gasteiger partial charge in [-0.05, 0) is 36.3 Å². The molecular weight excluding hydrogens is 442 g/mol. The number of aliphatic hydroxyl groups excluding tert-OH is 2. The second-order valence-corrected chi connectivity index (χ2v) is 10.8. The molecule has 1 aliphatic carbocycles. The summed E-state index contributed by atoms with van der Waals surface area (Å²) in [6.45, 7) is 5.79. The Hall–Kier alpha value is -2.22. The number of rotatable bonds is 13. The lowest BCUT2D eigenvalue weighted by Crippen LogP contribution is -2.58. The van der Waals surface area contributed by atoms with Gasteiger partial charge < -0.3 is 25.3 Å². The minimum absolute atomic E-state index is 0.180. The zero-order valence-electron chi connectivity index (χ0n) is 21.4. The van der Waals surface area contributed by atoms with Crippen molar-refractivity contribution in [2.45, 2.75) is 96.6 Å². The minimum Gasteiger partial charge on any atom is -0.390 e. The molecule has 194 valence electrons. The topological polar surface area (TPSA) is 114 Å². The lowest BCUT2D eigenvalue weighted by Gasteiger charge is -2.36. The van der Waals surface area contributed by atoms with Gasteiger partial charge in [0, 0.05) is 29.1 Å². The number of aromatic amines is 1. The van der Waals surface area contributed by atoms with E-state index in [4.69, 9.17) is 0 Å². The normalized spacial score (nSPS) is 19.3. The third-order valence-corrected chi connectivity index (χ3v) is 7.31. The van der Waals surface area contributed by atoms with Gasteiger partial charge in [-0.25, -0.2) is 0 Å². The van der Waals surface area contributed by atoms with Crippen LogP contribution in [0.25, 0.3) is 10.9 Å². The van der Waals surface area contributed by atoms with Crippen LogP contribution in [0.15, 0.2) is 30.5 Å². The number of fused-ring (bicyclic) bond motifs is 1. The van der Waals surface area contributed by atoms with Gasteiger partial charge in [0.2, 0.25) is 5.91 Å². The van der Waals surface area contributed by atoms with Crippen molar-refractivity contribution in [1.29, 1.82) is 0 Å². The number of benzene rings is 1. The summed E-state index contributed by atoms with van der Waals surface area (Å²) >= 11 is 0. The summed E-state index contributed by atoms with van der Waals surface area (Å²) in [5.41, 5.74) is 1.86. The number of aldehydes is 1. The Bertz CT molecular complexity index is 937. The number of carbonyl (C=O) groups is 2. The summed E-state index contributed by atoms with van der Waals surface area (Å²) in [7, 11) is 0. The van der Waals surface area contributed by atoms with Crippen molar-refractivity contribution in [2.24, 2.45) is 17.8 Å². The number of aliphatic hydroxyl groups is 2. The van der Waals surface area contributed by atoms with E-state index in [1.807, 2.05) is 44.3 Å². The molecule has 1 saturated carbocycles. The SMILES string of the molecule is CC(C)C[C@H](O)[C@H](O)[C@H](CC1CCCCC1)NC(NC(=O)Cc1c[nH]c2ccccc12)[C@H](C)C=O. The van der Waals surface area contributed by atoms with Crippen molar-refractivity contribution < 1.29 is 19.8 Å². The summed E-state index contributed by atoms with van der Waals surface area (Å²) in [5.74, 6) is 0.00613. The molecule has 1 unspecified atom stereocenters. The highest BCUT2D eigenvalue weighted by atomic mass is 16.3. The van der Waals surface area contributed by atoms with E-state index in [1.54, 1.807) is 6.92 Å². The van der Waals surface area contributed by atoms with Crippen molar-refractivity contribution in [1.82, 2.24) is 15.6 Å². The first-order valence-electron chi connectivity index (χ1n) is 13.2. The maximum Gasteiger partial charge on any atom is 0.225 e. The van der Waals surface area contributed by atoms with Gasteiger partial charge in [-0.15, -0.1) is 0 Å². The fraction of sp³-hybridized carbons (Fsp3) is 0.643. The monoisotopic (exact) mass is 485 g/mol. The van der Waals surface area contributed by atoms with E-state index in [0.717, 1.165) is 35.6 Å². The van der Waals surface area contributed by atoms with Gasteiger partial charge in [0.1, 0.15) is 6.29 Å². The highest BCUT2D eigenvalue weighted by Gasteiger charge is 2.33. The van der Waals surface area contributed by atoms with E-state index in [-0.39, 0.29) is 18.2 Å². The van der Waals surface area contributed by atoms with Crippen LogP contribution in [-0.2, 0) is 16.0 Å². The van der Waals surface area contributed by atoms with E-state index in [9.17, 15) is 19.8 Å². The molecule has 0 bridgehead atoms. The summed E-state index contributed by atoms with van der Waals surface area (Å²) in [6, 6.07) is 7.41.